The van der Waals surface area contributed by atoms with E-state index in [0.717, 1.165) is 0 Å². The van der Waals surface area contributed by atoms with E-state index in [4.69, 9.17) is 0 Å². The van der Waals surface area contributed by atoms with Gasteiger partial charge in [0, 0.05) is 18.7 Å². The lowest BCUT2D eigenvalue weighted by atomic mass is 9.89. The zero-order valence-corrected chi connectivity index (χ0v) is 13.5. The smallest absolute Gasteiger partial charge is 0.103 e. The van der Waals surface area contributed by atoms with Crippen LogP contribution in [0.25, 0.3) is 0 Å². The summed E-state index contributed by atoms with van der Waals surface area (Å²) in [7, 11) is 2.23. The van der Waals surface area contributed by atoms with E-state index in [1.165, 1.54) is 60.5 Å². The van der Waals surface area contributed by atoms with Gasteiger partial charge in [-0.3, -0.25) is 4.90 Å². The van der Waals surface area contributed by atoms with Crippen molar-refractivity contribution < 1.29 is 4.90 Å². The highest BCUT2D eigenvalue weighted by molar-refractivity contribution is 5.49. The summed E-state index contributed by atoms with van der Waals surface area (Å²) in [5.74, 6) is 0. The van der Waals surface area contributed by atoms with Crippen LogP contribution in [-0.2, 0) is 6.54 Å². The van der Waals surface area contributed by atoms with E-state index in [-0.39, 0.29) is 0 Å². The summed E-state index contributed by atoms with van der Waals surface area (Å²) in [4.78, 5) is 4.18. The van der Waals surface area contributed by atoms with Gasteiger partial charge in [0.2, 0.25) is 0 Å². The molecule has 1 aromatic carbocycles. The van der Waals surface area contributed by atoms with Gasteiger partial charge in [0.25, 0.3) is 0 Å². The first-order valence-corrected chi connectivity index (χ1v) is 7.49. The second-order valence-corrected chi connectivity index (χ2v) is 6.33. The summed E-state index contributed by atoms with van der Waals surface area (Å²) in [6.45, 7) is 17.7. The van der Waals surface area contributed by atoms with Gasteiger partial charge in [-0.1, -0.05) is 0 Å². The molecule has 0 aromatic heterocycles. The summed E-state index contributed by atoms with van der Waals surface area (Å²) in [5, 5.41) is 0. The van der Waals surface area contributed by atoms with Crippen LogP contribution in [-0.4, -0.2) is 38.1 Å². The highest BCUT2D eigenvalue weighted by Gasteiger charge is 2.20. The number of hydrogen-bond acceptors (Lipinski definition) is 1. The van der Waals surface area contributed by atoms with Gasteiger partial charge in [-0.05, 0) is 69.5 Å². The van der Waals surface area contributed by atoms with E-state index in [1.54, 1.807) is 10.5 Å². The van der Waals surface area contributed by atoms with Crippen LogP contribution in [0.3, 0.4) is 0 Å². The van der Waals surface area contributed by atoms with Gasteiger partial charge < -0.3 is 4.90 Å². The van der Waals surface area contributed by atoms with Crippen LogP contribution in [0.15, 0.2) is 0 Å². The standard InChI is InChI=1S/C17H28N2/c1-12-13(2)15(4)17(16(5)14(12)3)11-19-9-7-18(6)8-10-19/h7-11H2,1-6H3/p+1. The topological polar surface area (TPSA) is 7.68 Å². The van der Waals surface area contributed by atoms with Crippen molar-refractivity contribution in [2.45, 2.75) is 41.2 Å². The molecule has 0 aliphatic carbocycles. The monoisotopic (exact) mass is 261 g/mol. The second kappa shape index (κ2) is 5.64. The van der Waals surface area contributed by atoms with E-state index in [2.05, 4.69) is 46.6 Å². The third-order valence-corrected chi connectivity index (χ3v) is 5.28. The zero-order chi connectivity index (χ0) is 14.2. The highest BCUT2D eigenvalue weighted by atomic mass is 15.2. The van der Waals surface area contributed by atoms with Crippen molar-refractivity contribution in [3.63, 3.8) is 0 Å². The molecule has 1 saturated heterocycles. The van der Waals surface area contributed by atoms with Crippen molar-refractivity contribution >= 4 is 0 Å². The van der Waals surface area contributed by atoms with Crippen LogP contribution >= 0.6 is 0 Å². The molecule has 0 bridgehead atoms. The Morgan fingerprint density at radius 2 is 1.21 bits per heavy atom. The lowest BCUT2D eigenvalue weighted by Crippen LogP contribution is -3.13. The Bertz CT molecular complexity index is 440. The Balaban J connectivity index is 2.25. The van der Waals surface area contributed by atoms with Crippen LogP contribution in [0.2, 0.25) is 0 Å². The molecule has 1 aromatic rings. The number of likely N-dealkylation sites (N-methyl/N-ethyl adjacent to an activating group) is 1. The van der Waals surface area contributed by atoms with E-state index < -0.39 is 0 Å². The van der Waals surface area contributed by atoms with Crippen molar-refractivity contribution in [1.29, 1.82) is 0 Å². The van der Waals surface area contributed by atoms with Gasteiger partial charge in [0.05, 0.1) is 13.1 Å². The SMILES string of the molecule is Cc1c(C)c(C)c(C[NH+]2CCN(C)CC2)c(C)c1C. The molecule has 1 N–H and O–H groups in total. The molecular weight excluding hydrogens is 232 g/mol. The predicted molar refractivity (Wildman–Crippen MR) is 82.0 cm³/mol. The molecule has 1 heterocycles. The maximum Gasteiger partial charge on any atom is 0.103 e. The van der Waals surface area contributed by atoms with Gasteiger partial charge in [-0.15, -0.1) is 0 Å². The number of hydrogen-bond donors (Lipinski definition) is 1. The average Bonchev–Trinajstić information content (AvgIpc) is 2.41. The minimum Gasteiger partial charge on any atom is -0.329 e. The van der Waals surface area contributed by atoms with Crippen LogP contribution in [0.4, 0.5) is 0 Å². The van der Waals surface area contributed by atoms with Crippen molar-refractivity contribution in [1.82, 2.24) is 4.90 Å². The Labute approximate surface area is 118 Å². The first kappa shape index (κ1) is 14.5. The van der Waals surface area contributed by atoms with Crippen molar-refractivity contribution in [3.8, 4) is 0 Å². The fraction of sp³-hybridized carbons (Fsp3) is 0.647. The van der Waals surface area contributed by atoms with Crippen LogP contribution in [0.1, 0.15) is 33.4 Å². The van der Waals surface area contributed by atoms with E-state index in [1.807, 2.05) is 0 Å². The fourth-order valence-corrected chi connectivity index (χ4v) is 3.20. The van der Waals surface area contributed by atoms with Crippen molar-refractivity contribution in [2.24, 2.45) is 0 Å². The minimum absolute atomic E-state index is 1.20. The number of nitrogens with zero attached hydrogens (tertiary/aromatic N) is 1. The summed E-state index contributed by atoms with van der Waals surface area (Å²) in [5.41, 5.74) is 9.10. The molecule has 1 aliphatic rings. The van der Waals surface area contributed by atoms with Gasteiger partial charge in [-0.2, -0.15) is 0 Å². The molecule has 1 aliphatic heterocycles. The Morgan fingerprint density at radius 3 is 1.68 bits per heavy atom. The molecule has 0 unspecified atom stereocenters. The van der Waals surface area contributed by atoms with E-state index in [9.17, 15) is 0 Å². The molecule has 0 radical (unpaired) electrons. The highest BCUT2D eigenvalue weighted by Crippen LogP contribution is 2.25. The second-order valence-electron chi connectivity index (χ2n) is 6.33. The largest absolute Gasteiger partial charge is 0.329 e. The number of rotatable bonds is 2. The first-order chi connectivity index (χ1) is 8.91. The molecule has 1 fully saturated rings. The summed E-state index contributed by atoms with van der Waals surface area (Å²) < 4.78 is 0. The van der Waals surface area contributed by atoms with Gasteiger partial charge in [-0.25, -0.2) is 0 Å². The molecule has 2 rings (SSSR count). The van der Waals surface area contributed by atoms with Gasteiger partial charge in [0.1, 0.15) is 6.54 Å². The normalized spacial score (nSPS) is 18.0. The summed E-state index contributed by atoms with van der Waals surface area (Å²) in [6.07, 6.45) is 0. The number of quaternary nitrogens is 1. The summed E-state index contributed by atoms with van der Waals surface area (Å²) in [6, 6.07) is 0. The molecule has 0 atom stereocenters. The van der Waals surface area contributed by atoms with Crippen LogP contribution < -0.4 is 4.90 Å². The maximum absolute atomic E-state index is 2.44. The maximum atomic E-state index is 2.44. The molecule has 2 heteroatoms. The average molecular weight is 261 g/mol. The van der Waals surface area contributed by atoms with Gasteiger partial charge in [0.15, 0.2) is 0 Å². The quantitative estimate of drug-likeness (QED) is 0.849. The van der Waals surface area contributed by atoms with E-state index in [0.29, 0.717) is 0 Å². The number of benzene rings is 1. The Morgan fingerprint density at radius 1 is 0.789 bits per heavy atom. The minimum atomic E-state index is 1.20. The molecular formula is C17H29N2+. The Hall–Kier alpha value is -0.860. The third kappa shape index (κ3) is 2.85. The lowest BCUT2D eigenvalue weighted by Gasteiger charge is -2.31. The van der Waals surface area contributed by atoms with Crippen LogP contribution in [0, 0.1) is 34.6 Å². The lowest BCUT2D eigenvalue weighted by molar-refractivity contribution is -0.918. The molecule has 0 amide bonds. The summed E-state index contributed by atoms with van der Waals surface area (Å²) >= 11 is 0. The van der Waals surface area contributed by atoms with Crippen molar-refractivity contribution in [3.05, 3.63) is 33.4 Å². The number of nitrogens with one attached hydrogen (secondary N) is 1. The van der Waals surface area contributed by atoms with Crippen molar-refractivity contribution in [2.75, 3.05) is 33.2 Å². The molecule has 0 saturated carbocycles. The van der Waals surface area contributed by atoms with E-state index >= 15 is 0 Å². The molecule has 0 spiro atoms. The first-order valence-electron chi connectivity index (χ1n) is 7.49. The Kier molecular flexibility index (Phi) is 4.32. The molecule has 2 nitrogen and oxygen atoms in total. The van der Waals surface area contributed by atoms with Crippen LogP contribution in [0.5, 0.6) is 0 Å². The predicted octanol–water partition coefficient (Wildman–Crippen LogP) is 1.56. The zero-order valence-electron chi connectivity index (χ0n) is 13.5. The molecule has 106 valence electrons. The van der Waals surface area contributed by atoms with Gasteiger partial charge >= 0.3 is 0 Å². The fourth-order valence-electron chi connectivity index (χ4n) is 3.20. The number of piperazine rings is 1. The third-order valence-electron chi connectivity index (χ3n) is 5.28. The molecule has 19 heavy (non-hydrogen) atoms.